The second-order valence-corrected chi connectivity index (χ2v) is 8.23. The molecule has 6 heteroatoms. The van der Waals surface area contributed by atoms with E-state index in [0.717, 1.165) is 49.0 Å². The molecule has 0 fully saturated rings. The first-order valence-electron chi connectivity index (χ1n) is 9.73. The summed E-state index contributed by atoms with van der Waals surface area (Å²) < 4.78 is 2.24. The molecule has 0 saturated carbocycles. The van der Waals surface area contributed by atoms with Crippen LogP contribution in [-0.4, -0.2) is 26.4 Å². The number of hydrogen-bond acceptors (Lipinski definition) is 4. The Morgan fingerprint density at radius 3 is 3.04 bits per heavy atom. The van der Waals surface area contributed by atoms with Gasteiger partial charge in [0, 0.05) is 25.1 Å². The van der Waals surface area contributed by atoms with E-state index in [-0.39, 0.29) is 11.9 Å². The van der Waals surface area contributed by atoms with E-state index >= 15 is 0 Å². The van der Waals surface area contributed by atoms with E-state index in [1.807, 2.05) is 0 Å². The predicted octanol–water partition coefficient (Wildman–Crippen LogP) is 3.68. The molecule has 1 aromatic carbocycles. The number of thioether (sulfide) groups is 1. The van der Waals surface area contributed by atoms with E-state index in [1.54, 1.807) is 11.8 Å². The lowest BCUT2D eigenvalue weighted by molar-refractivity contribution is -0.121. The predicted molar refractivity (Wildman–Crippen MR) is 103 cm³/mol. The number of amides is 1. The number of rotatable bonds is 5. The highest BCUT2D eigenvalue weighted by Gasteiger charge is 2.21. The Hall–Kier alpha value is -1.82. The molecule has 0 saturated heterocycles. The van der Waals surface area contributed by atoms with Gasteiger partial charge in [0.15, 0.2) is 5.16 Å². The van der Waals surface area contributed by atoms with Crippen molar-refractivity contribution in [1.82, 2.24) is 20.1 Å². The number of benzene rings is 1. The standard InChI is InChI=1S/C20H26N4OS/c25-19(21-17-10-6-8-15-7-3-4-9-16(15)17)12-14-26-20-23-22-18-11-2-1-5-13-24(18)20/h3-4,7,9,17H,1-2,5-6,8,10-14H2,(H,21,25)/t17-/m0/s1. The second kappa shape index (κ2) is 8.25. The van der Waals surface area contributed by atoms with Gasteiger partial charge in [-0.15, -0.1) is 10.2 Å². The molecule has 0 bridgehead atoms. The summed E-state index contributed by atoms with van der Waals surface area (Å²) in [6.07, 6.45) is 8.50. The van der Waals surface area contributed by atoms with Crippen molar-refractivity contribution in [2.45, 2.75) is 69.1 Å². The summed E-state index contributed by atoms with van der Waals surface area (Å²) in [7, 11) is 0. The zero-order valence-electron chi connectivity index (χ0n) is 15.1. The Bertz CT molecular complexity index is 773. The molecule has 2 aliphatic rings. The van der Waals surface area contributed by atoms with Crippen LogP contribution in [-0.2, 0) is 24.2 Å². The molecular weight excluding hydrogens is 344 g/mol. The van der Waals surface area contributed by atoms with Crippen molar-refractivity contribution in [3.63, 3.8) is 0 Å². The van der Waals surface area contributed by atoms with Gasteiger partial charge < -0.3 is 9.88 Å². The third kappa shape index (κ3) is 3.95. The lowest BCUT2D eigenvalue weighted by atomic mass is 9.88. The van der Waals surface area contributed by atoms with E-state index in [0.29, 0.717) is 6.42 Å². The average Bonchev–Trinajstić information content (AvgIpc) is 2.88. The lowest BCUT2D eigenvalue weighted by Crippen LogP contribution is -2.31. The molecule has 1 atom stereocenters. The van der Waals surface area contributed by atoms with E-state index in [9.17, 15) is 4.79 Å². The van der Waals surface area contributed by atoms with Gasteiger partial charge in [0.05, 0.1) is 6.04 Å². The van der Waals surface area contributed by atoms with E-state index < -0.39 is 0 Å². The second-order valence-electron chi connectivity index (χ2n) is 7.17. The van der Waals surface area contributed by atoms with Gasteiger partial charge in [-0.05, 0) is 43.2 Å². The van der Waals surface area contributed by atoms with Crippen molar-refractivity contribution < 1.29 is 4.79 Å². The zero-order chi connectivity index (χ0) is 17.8. The average molecular weight is 371 g/mol. The third-order valence-corrected chi connectivity index (χ3v) is 6.31. The number of aryl methyl sites for hydroxylation is 2. The molecule has 138 valence electrons. The van der Waals surface area contributed by atoms with Crippen LogP contribution >= 0.6 is 11.8 Å². The molecule has 26 heavy (non-hydrogen) atoms. The summed E-state index contributed by atoms with van der Waals surface area (Å²) in [5.41, 5.74) is 2.67. The molecule has 1 aliphatic heterocycles. The number of nitrogens with zero attached hydrogens (tertiary/aromatic N) is 3. The molecule has 0 unspecified atom stereocenters. The number of carbonyl (C=O) groups excluding carboxylic acids is 1. The van der Waals surface area contributed by atoms with Crippen LogP contribution in [0.15, 0.2) is 29.4 Å². The highest BCUT2D eigenvalue weighted by atomic mass is 32.2. The van der Waals surface area contributed by atoms with Crippen molar-refractivity contribution in [3.8, 4) is 0 Å². The minimum absolute atomic E-state index is 0.134. The van der Waals surface area contributed by atoms with Gasteiger partial charge in [0.2, 0.25) is 5.91 Å². The number of aromatic nitrogens is 3. The summed E-state index contributed by atoms with van der Waals surface area (Å²) in [6, 6.07) is 8.65. The van der Waals surface area contributed by atoms with Crippen LogP contribution in [0.2, 0.25) is 0 Å². The van der Waals surface area contributed by atoms with Crippen LogP contribution in [0.3, 0.4) is 0 Å². The fraction of sp³-hybridized carbons (Fsp3) is 0.550. The maximum Gasteiger partial charge on any atom is 0.221 e. The van der Waals surface area contributed by atoms with Gasteiger partial charge in [0.1, 0.15) is 5.82 Å². The largest absolute Gasteiger partial charge is 0.349 e. The molecule has 1 aromatic heterocycles. The summed E-state index contributed by atoms with van der Waals surface area (Å²) in [5.74, 6) is 1.99. The maximum absolute atomic E-state index is 12.4. The van der Waals surface area contributed by atoms with Crippen LogP contribution < -0.4 is 5.32 Å². The highest BCUT2D eigenvalue weighted by molar-refractivity contribution is 7.99. The molecule has 1 N–H and O–H groups in total. The van der Waals surface area contributed by atoms with Crippen molar-refractivity contribution in [2.24, 2.45) is 0 Å². The monoisotopic (exact) mass is 370 g/mol. The molecule has 0 radical (unpaired) electrons. The van der Waals surface area contributed by atoms with Gasteiger partial charge >= 0.3 is 0 Å². The number of nitrogens with one attached hydrogen (secondary N) is 1. The van der Waals surface area contributed by atoms with Gasteiger partial charge in [-0.1, -0.05) is 42.4 Å². The third-order valence-electron chi connectivity index (χ3n) is 5.34. The van der Waals surface area contributed by atoms with Crippen LogP contribution in [0.4, 0.5) is 0 Å². The molecular formula is C20H26N4OS. The van der Waals surface area contributed by atoms with Gasteiger partial charge in [0.25, 0.3) is 0 Å². The number of hydrogen-bond donors (Lipinski definition) is 1. The summed E-state index contributed by atoms with van der Waals surface area (Å²) in [4.78, 5) is 12.4. The first-order chi connectivity index (χ1) is 12.8. The fourth-order valence-corrected chi connectivity index (χ4v) is 4.89. The minimum atomic E-state index is 0.134. The summed E-state index contributed by atoms with van der Waals surface area (Å²) in [6.45, 7) is 1.01. The molecule has 1 amide bonds. The highest BCUT2D eigenvalue weighted by Crippen LogP contribution is 2.29. The van der Waals surface area contributed by atoms with Crippen LogP contribution in [0.5, 0.6) is 0 Å². The van der Waals surface area contributed by atoms with Crippen LogP contribution in [0.1, 0.15) is 61.5 Å². The Morgan fingerprint density at radius 2 is 2.08 bits per heavy atom. The lowest BCUT2D eigenvalue weighted by Gasteiger charge is -2.26. The quantitative estimate of drug-likeness (QED) is 0.816. The van der Waals surface area contributed by atoms with Crippen molar-refractivity contribution in [1.29, 1.82) is 0 Å². The van der Waals surface area contributed by atoms with Crippen molar-refractivity contribution in [2.75, 3.05) is 5.75 Å². The fourth-order valence-electron chi connectivity index (χ4n) is 3.97. The Labute approximate surface area is 159 Å². The van der Waals surface area contributed by atoms with Gasteiger partial charge in [-0.25, -0.2) is 0 Å². The zero-order valence-corrected chi connectivity index (χ0v) is 15.9. The SMILES string of the molecule is O=C(CCSc1nnc2n1CCCCC2)N[C@H]1CCCc2ccccc21. The first-order valence-corrected chi connectivity index (χ1v) is 10.7. The Balaban J connectivity index is 1.30. The number of carbonyl (C=O) groups is 1. The Morgan fingerprint density at radius 1 is 1.15 bits per heavy atom. The molecule has 5 nitrogen and oxygen atoms in total. The van der Waals surface area contributed by atoms with Crippen LogP contribution in [0, 0.1) is 0 Å². The minimum Gasteiger partial charge on any atom is -0.349 e. The van der Waals surface area contributed by atoms with Gasteiger partial charge in [-0.2, -0.15) is 0 Å². The Kier molecular flexibility index (Phi) is 5.58. The molecule has 4 rings (SSSR count). The maximum atomic E-state index is 12.4. The summed E-state index contributed by atoms with van der Waals surface area (Å²) >= 11 is 1.66. The summed E-state index contributed by atoms with van der Waals surface area (Å²) in [5, 5.41) is 12.9. The molecule has 0 spiro atoms. The van der Waals surface area contributed by atoms with E-state index in [1.165, 1.54) is 30.4 Å². The molecule has 2 heterocycles. The van der Waals surface area contributed by atoms with E-state index in [2.05, 4.69) is 44.3 Å². The first kappa shape index (κ1) is 17.6. The topological polar surface area (TPSA) is 59.8 Å². The van der Waals surface area contributed by atoms with Crippen LogP contribution in [0.25, 0.3) is 0 Å². The van der Waals surface area contributed by atoms with Crippen molar-refractivity contribution in [3.05, 3.63) is 41.2 Å². The van der Waals surface area contributed by atoms with Gasteiger partial charge in [-0.3, -0.25) is 4.79 Å². The normalized spacial score (nSPS) is 19.3. The number of fused-ring (bicyclic) bond motifs is 2. The smallest absolute Gasteiger partial charge is 0.221 e. The molecule has 1 aliphatic carbocycles. The van der Waals surface area contributed by atoms with Crippen molar-refractivity contribution >= 4 is 17.7 Å². The van der Waals surface area contributed by atoms with E-state index in [4.69, 9.17) is 0 Å². The molecule has 2 aromatic rings.